The number of anilines is 1. The Hall–Kier alpha value is -3.03. The minimum Gasteiger partial charge on any atom is -0.493 e. The summed E-state index contributed by atoms with van der Waals surface area (Å²) in [6.45, 7) is 4.71. The second-order valence-electron chi connectivity index (χ2n) is 5.31. The highest BCUT2D eigenvalue weighted by atomic mass is 16.5. The molecule has 0 aliphatic rings. The maximum atomic E-state index is 12.2. The van der Waals surface area contributed by atoms with Gasteiger partial charge in [-0.3, -0.25) is 4.79 Å². The van der Waals surface area contributed by atoms with Crippen LogP contribution in [0.3, 0.4) is 0 Å². The molecule has 2 rings (SSSR count). The summed E-state index contributed by atoms with van der Waals surface area (Å²) in [7, 11) is 3.02. The Kier molecular flexibility index (Phi) is 5.63. The van der Waals surface area contributed by atoms with Crippen molar-refractivity contribution in [1.82, 2.24) is 5.16 Å². The predicted molar refractivity (Wildman–Crippen MR) is 89.0 cm³/mol. The Morgan fingerprint density at radius 3 is 2.40 bits per heavy atom. The van der Waals surface area contributed by atoms with Gasteiger partial charge < -0.3 is 24.1 Å². The number of aromatic nitrogens is 1. The fraction of sp³-hybridized carbons (Fsp3) is 0.353. The van der Waals surface area contributed by atoms with E-state index in [-0.39, 0.29) is 5.56 Å². The first kappa shape index (κ1) is 18.3. The van der Waals surface area contributed by atoms with E-state index in [1.165, 1.54) is 21.1 Å². The zero-order valence-electron chi connectivity index (χ0n) is 14.7. The molecular formula is C17H20N2O6. The third-order valence-corrected chi connectivity index (χ3v) is 3.54. The molecule has 0 aliphatic heterocycles. The number of hydrogen-bond donors (Lipinski definition) is 1. The lowest BCUT2D eigenvalue weighted by molar-refractivity contribution is -0.123. The highest BCUT2D eigenvalue weighted by Gasteiger charge is 2.24. The molecule has 1 N–H and O–H groups in total. The number of amides is 1. The summed E-state index contributed by atoms with van der Waals surface area (Å²) < 4.78 is 20.4. The summed E-state index contributed by atoms with van der Waals surface area (Å²) in [5, 5.41) is 6.35. The average molecular weight is 348 g/mol. The number of hydrogen-bond acceptors (Lipinski definition) is 7. The second-order valence-corrected chi connectivity index (χ2v) is 5.31. The summed E-state index contributed by atoms with van der Waals surface area (Å²) in [6, 6.07) is 4.93. The van der Waals surface area contributed by atoms with Crippen LogP contribution in [0.4, 0.5) is 5.69 Å². The van der Waals surface area contributed by atoms with Crippen LogP contribution < -0.4 is 14.8 Å². The standard InChI is InChI=1S/C17H20N2O6/c1-9-15(10(2)25-19-9)17(21)24-11(3)16(20)18-12-6-7-13(22-4)14(8-12)23-5/h6-8,11H,1-5H3,(H,18,20)/t11-/m0/s1. The molecule has 8 heteroatoms. The lowest BCUT2D eigenvalue weighted by Gasteiger charge is -2.14. The summed E-state index contributed by atoms with van der Waals surface area (Å²) in [5.74, 6) is 0.215. The van der Waals surface area contributed by atoms with Crippen LogP contribution in [0.15, 0.2) is 22.7 Å². The number of esters is 1. The van der Waals surface area contributed by atoms with Gasteiger partial charge >= 0.3 is 5.97 Å². The number of nitrogens with zero attached hydrogens (tertiary/aromatic N) is 1. The molecule has 0 fully saturated rings. The number of carbonyl (C=O) groups excluding carboxylic acids is 2. The molecule has 25 heavy (non-hydrogen) atoms. The van der Waals surface area contributed by atoms with E-state index in [9.17, 15) is 9.59 Å². The average Bonchev–Trinajstić information content (AvgIpc) is 2.93. The molecule has 0 unspecified atom stereocenters. The van der Waals surface area contributed by atoms with Gasteiger partial charge in [0.15, 0.2) is 17.6 Å². The van der Waals surface area contributed by atoms with Crippen molar-refractivity contribution in [3.63, 3.8) is 0 Å². The fourth-order valence-corrected chi connectivity index (χ4v) is 2.21. The number of rotatable bonds is 6. The van der Waals surface area contributed by atoms with E-state index in [2.05, 4.69) is 10.5 Å². The Labute approximate surface area is 145 Å². The molecule has 0 saturated heterocycles. The van der Waals surface area contributed by atoms with E-state index in [4.69, 9.17) is 18.7 Å². The fourth-order valence-electron chi connectivity index (χ4n) is 2.21. The molecule has 1 aromatic carbocycles. The van der Waals surface area contributed by atoms with Gasteiger partial charge in [0.2, 0.25) is 0 Å². The van der Waals surface area contributed by atoms with Gasteiger partial charge in [0.05, 0.1) is 19.9 Å². The molecule has 1 aromatic heterocycles. The first-order chi connectivity index (χ1) is 11.9. The quantitative estimate of drug-likeness (QED) is 0.801. The van der Waals surface area contributed by atoms with Gasteiger partial charge in [-0.15, -0.1) is 0 Å². The monoisotopic (exact) mass is 348 g/mol. The lowest BCUT2D eigenvalue weighted by Crippen LogP contribution is -2.30. The maximum absolute atomic E-state index is 12.2. The zero-order valence-corrected chi connectivity index (χ0v) is 14.7. The van der Waals surface area contributed by atoms with E-state index in [1.54, 1.807) is 32.0 Å². The molecule has 0 spiro atoms. The molecule has 0 aliphatic carbocycles. The van der Waals surface area contributed by atoms with Crippen molar-refractivity contribution < 1.29 is 28.3 Å². The van der Waals surface area contributed by atoms with Crippen molar-refractivity contribution in [2.45, 2.75) is 26.9 Å². The van der Waals surface area contributed by atoms with Crippen LogP contribution in [0.5, 0.6) is 11.5 Å². The summed E-state index contributed by atoms with van der Waals surface area (Å²) in [4.78, 5) is 24.4. The highest BCUT2D eigenvalue weighted by molar-refractivity contribution is 5.98. The van der Waals surface area contributed by atoms with Crippen LogP contribution in [0.1, 0.15) is 28.7 Å². The van der Waals surface area contributed by atoms with Gasteiger partial charge in [-0.05, 0) is 32.9 Å². The van der Waals surface area contributed by atoms with Crippen molar-refractivity contribution in [2.75, 3.05) is 19.5 Å². The van der Waals surface area contributed by atoms with E-state index in [0.29, 0.717) is 28.6 Å². The number of aryl methyl sites for hydroxylation is 2. The Morgan fingerprint density at radius 1 is 1.16 bits per heavy atom. The number of methoxy groups -OCH3 is 2. The minimum absolute atomic E-state index is 0.228. The highest BCUT2D eigenvalue weighted by Crippen LogP contribution is 2.29. The molecule has 8 nitrogen and oxygen atoms in total. The minimum atomic E-state index is -1.01. The topological polar surface area (TPSA) is 99.9 Å². The molecule has 0 saturated carbocycles. The SMILES string of the molecule is COc1ccc(NC(=O)[C@H](C)OC(=O)c2c(C)noc2C)cc1OC. The van der Waals surface area contributed by atoms with Crippen molar-refractivity contribution in [3.8, 4) is 11.5 Å². The van der Waals surface area contributed by atoms with Gasteiger partial charge in [-0.25, -0.2) is 4.79 Å². The molecule has 1 atom stereocenters. The molecule has 1 heterocycles. The Bertz CT molecular complexity index is 764. The molecule has 1 amide bonds. The number of benzene rings is 1. The van der Waals surface area contributed by atoms with Crippen LogP contribution in [0.2, 0.25) is 0 Å². The third kappa shape index (κ3) is 4.09. The van der Waals surface area contributed by atoms with Gasteiger partial charge in [0, 0.05) is 11.8 Å². The first-order valence-corrected chi connectivity index (χ1v) is 7.54. The normalized spacial score (nSPS) is 11.6. The summed E-state index contributed by atoms with van der Waals surface area (Å²) >= 11 is 0. The van der Waals surface area contributed by atoms with E-state index < -0.39 is 18.0 Å². The summed E-state index contributed by atoms with van der Waals surface area (Å²) in [5.41, 5.74) is 1.13. The molecule has 0 bridgehead atoms. The van der Waals surface area contributed by atoms with E-state index in [0.717, 1.165) is 0 Å². The second kappa shape index (κ2) is 7.69. The van der Waals surface area contributed by atoms with Gasteiger partial charge in [-0.2, -0.15) is 0 Å². The van der Waals surface area contributed by atoms with Crippen LogP contribution in [-0.2, 0) is 9.53 Å². The van der Waals surface area contributed by atoms with Crippen LogP contribution in [-0.4, -0.2) is 37.4 Å². The predicted octanol–water partition coefficient (Wildman–Crippen LogP) is 2.49. The molecule has 134 valence electrons. The van der Waals surface area contributed by atoms with Gasteiger partial charge in [0.1, 0.15) is 11.3 Å². The number of nitrogens with one attached hydrogen (secondary N) is 1. The van der Waals surface area contributed by atoms with Gasteiger partial charge in [0.25, 0.3) is 5.91 Å². The maximum Gasteiger partial charge on any atom is 0.344 e. The van der Waals surface area contributed by atoms with E-state index in [1.807, 2.05) is 0 Å². The summed E-state index contributed by atoms with van der Waals surface area (Å²) in [6.07, 6.45) is -1.01. The number of carbonyl (C=O) groups is 2. The van der Waals surface area contributed by atoms with Crippen LogP contribution >= 0.6 is 0 Å². The van der Waals surface area contributed by atoms with Crippen molar-refractivity contribution in [3.05, 3.63) is 35.2 Å². The number of ether oxygens (including phenoxy) is 3. The first-order valence-electron chi connectivity index (χ1n) is 7.54. The third-order valence-electron chi connectivity index (χ3n) is 3.54. The van der Waals surface area contributed by atoms with Crippen LogP contribution in [0.25, 0.3) is 0 Å². The van der Waals surface area contributed by atoms with Crippen molar-refractivity contribution in [2.24, 2.45) is 0 Å². The van der Waals surface area contributed by atoms with Crippen LogP contribution in [0, 0.1) is 13.8 Å². The Morgan fingerprint density at radius 2 is 1.84 bits per heavy atom. The van der Waals surface area contributed by atoms with Crippen molar-refractivity contribution in [1.29, 1.82) is 0 Å². The van der Waals surface area contributed by atoms with Gasteiger partial charge in [-0.1, -0.05) is 5.16 Å². The van der Waals surface area contributed by atoms with E-state index >= 15 is 0 Å². The zero-order chi connectivity index (χ0) is 18.6. The Balaban J connectivity index is 2.04. The smallest absolute Gasteiger partial charge is 0.344 e. The molecular weight excluding hydrogens is 328 g/mol. The molecule has 0 radical (unpaired) electrons. The lowest BCUT2D eigenvalue weighted by atomic mass is 10.2. The molecule has 2 aromatic rings. The largest absolute Gasteiger partial charge is 0.493 e. The van der Waals surface area contributed by atoms with Crippen molar-refractivity contribution >= 4 is 17.6 Å².